The third kappa shape index (κ3) is 4.26. The minimum Gasteiger partial charge on any atom is -0.481 e. The fraction of sp³-hybridized carbons (Fsp3) is 0.706. The normalized spacial score (nSPS) is 22.9. The van der Waals surface area contributed by atoms with Crippen LogP contribution < -0.4 is 0 Å². The second kappa shape index (κ2) is 7.23. The summed E-state index contributed by atoms with van der Waals surface area (Å²) >= 11 is 0. The number of carbonyl (C=O) groups is 2. The average molecular weight is 372 g/mol. The molecule has 1 N–H and O–H groups in total. The van der Waals surface area contributed by atoms with Gasteiger partial charge in [-0.2, -0.15) is 0 Å². The molecule has 7 nitrogen and oxygen atoms in total. The zero-order valence-corrected chi connectivity index (χ0v) is 15.7. The molecule has 8 heteroatoms. The summed E-state index contributed by atoms with van der Waals surface area (Å²) in [5.41, 5.74) is 0.592. The minimum absolute atomic E-state index is 0. The molecule has 0 aliphatic carbocycles. The molecular weight excluding hydrogens is 346 g/mol. The lowest BCUT2D eigenvalue weighted by Gasteiger charge is -2.25. The largest absolute Gasteiger partial charge is 0.481 e. The van der Waals surface area contributed by atoms with Crippen LogP contribution in [0.2, 0.25) is 0 Å². The Hall–Kier alpha value is -1.76. The quantitative estimate of drug-likeness (QED) is 0.863. The van der Waals surface area contributed by atoms with Crippen LogP contribution in [0.3, 0.4) is 0 Å². The molecule has 2 aliphatic rings. The number of ether oxygens (including phenoxy) is 1. The second-order valence-electron chi connectivity index (χ2n) is 7.70. The van der Waals surface area contributed by atoms with Gasteiger partial charge in [0.25, 0.3) is 0 Å². The number of aryl methyl sites for hydroxylation is 1. The van der Waals surface area contributed by atoms with E-state index < -0.39 is 11.6 Å². The van der Waals surface area contributed by atoms with Crippen molar-refractivity contribution in [2.75, 3.05) is 13.1 Å². The van der Waals surface area contributed by atoms with Crippen molar-refractivity contribution in [2.24, 2.45) is 5.92 Å². The highest BCUT2D eigenvalue weighted by Gasteiger charge is 2.35. The zero-order valence-electron chi connectivity index (χ0n) is 14.9. The van der Waals surface area contributed by atoms with Crippen LogP contribution in [-0.4, -0.2) is 50.3 Å². The number of amides is 1. The van der Waals surface area contributed by atoms with Crippen LogP contribution in [0.5, 0.6) is 0 Å². The van der Waals surface area contributed by atoms with E-state index in [-0.39, 0.29) is 30.3 Å². The lowest BCUT2D eigenvalue weighted by Crippen LogP contribution is -2.35. The molecule has 0 aromatic carbocycles. The fourth-order valence-electron chi connectivity index (χ4n) is 3.46. The fourth-order valence-corrected chi connectivity index (χ4v) is 3.46. The molecule has 0 spiro atoms. The summed E-state index contributed by atoms with van der Waals surface area (Å²) < 4.78 is 7.48. The standard InChI is InChI=1S/C17H25N3O4.ClH/c1-17(2,3)24-16(23)19-7-6-11(9-19)14-18-8-13-5-4-12(15(21)22)10-20(13)14;/h8,11-12H,4-7,9-10H2,1-3H3,(H,21,22);1H. The molecular formula is C17H26ClN3O4. The van der Waals surface area contributed by atoms with Crippen LogP contribution in [0, 0.1) is 5.92 Å². The van der Waals surface area contributed by atoms with Crippen LogP contribution >= 0.6 is 12.4 Å². The number of nitrogens with zero attached hydrogens (tertiary/aromatic N) is 3. The van der Waals surface area contributed by atoms with E-state index in [0.29, 0.717) is 26.1 Å². The van der Waals surface area contributed by atoms with Crippen molar-refractivity contribution >= 4 is 24.5 Å². The summed E-state index contributed by atoms with van der Waals surface area (Å²) in [5, 5.41) is 9.28. The lowest BCUT2D eigenvalue weighted by molar-refractivity contribution is -0.142. The van der Waals surface area contributed by atoms with Gasteiger partial charge in [0.2, 0.25) is 0 Å². The van der Waals surface area contributed by atoms with E-state index in [2.05, 4.69) is 4.98 Å². The van der Waals surface area contributed by atoms with E-state index in [9.17, 15) is 14.7 Å². The molecule has 2 unspecified atom stereocenters. The number of carbonyl (C=O) groups excluding carboxylic acids is 1. The molecule has 3 heterocycles. The molecule has 1 fully saturated rings. The van der Waals surface area contributed by atoms with Gasteiger partial charge in [-0.1, -0.05) is 0 Å². The maximum absolute atomic E-state index is 12.2. The first kappa shape index (κ1) is 19.6. The van der Waals surface area contributed by atoms with Gasteiger partial charge in [-0.3, -0.25) is 4.79 Å². The molecule has 2 aliphatic heterocycles. The number of carboxylic acids is 1. The SMILES string of the molecule is CC(C)(C)OC(=O)N1CCC(c2ncc3n2CC(C(=O)O)CC3)C1.Cl. The molecule has 1 amide bonds. The summed E-state index contributed by atoms with van der Waals surface area (Å²) in [4.78, 5) is 29.7. The van der Waals surface area contributed by atoms with Crippen LogP contribution in [0.15, 0.2) is 6.20 Å². The van der Waals surface area contributed by atoms with Crippen molar-refractivity contribution in [2.45, 2.75) is 58.1 Å². The predicted molar refractivity (Wildman–Crippen MR) is 94.1 cm³/mol. The van der Waals surface area contributed by atoms with E-state index >= 15 is 0 Å². The van der Waals surface area contributed by atoms with Gasteiger partial charge in [0.1, 0.15) is 11.4 Å². The highest BCUT2D eigenvalue weighted by atomic mass is 35.5. The first-order chi connectivity index (χ1) is 11.2. The number of rotatable bonds is 2. The molecule has 140 valence electrons. The number of halogens is 1. The molecule has 3 rings (SSSR count). The topological polar surface area (TPSA) is 84.7 Å². The van der Waals surface area contributed by atoms with Crippen LogP contribution in [0.1, 0.15) is 51.0 Å². The number of fused-ring (bicyclic) bond motifs is 1. The Kier molecular flexibility index (Phi) is 5.66. The Bertz CT molecular complexity index is 653. The van der Waals surface area contributed by atoms with E-state index in [1.54, 1.807) is 4.90 Å². The number of hydrogen-bond acceptors (Lipinski definition) is 4. The van der Waals surface area contributed by atoms with Crippen LogP contribution in [0.25, 0.3) is 0 Å². The van der Waals surface area contributed by atoms with Crippen molar-refractivity contribution in [1.82, 2.24) is 14.5 Å². The summed E-state index contributed by atoms with van der Waals surface area (Å²) in [6.07, 6.45) is 3.79. The van der Waals surface area contributed by atoms with E-state index in [4.69, 9.17) is 4.74 Å². The Labute approximate surface area is 153 Å². The van der Waals surface area contributed by atoms with Gasteiger partial charge in [-0.05, 0) is 40.0 Å². The summed E-state index contributed by atoms with van der Waals surface area (Å²) in [6.45, 7) is 7.26. The van der Waals surface area contributed by atoms with Crippen LogP contribution in [0.4, 0.5) is 4.79 Å². The van der Waals surface area contributed by atoms with Gasteiger partial charge in [0.05, 0.1) is 5.92 Å². The Morgan fingerprint density at radius 2 is 2.00 bits per heavy atom. The summed E-state index contributed by atoms with van der Waals surface area (Å²) in [6, 6.07) is 0. The van der Waals surface area contributed by atoms with Gasteiger partial charge in [0.15, 0.2) is 0 Å². The number of aromatic nitrogens is 2. The molecule has 1 saturated heterocycles. The van der Waals surface area contributed by atoms with E-state index in [1.165, 1.54) is 0 Å². The Morgan fingerprint density at radius 3 is 2.64 bits per heavy atom. The number of likely N-dealkylation sites (tertiary alicyclic amines) is 1. The lowest BCUT2D eigenvalue weighted by atomic mass is 9.97. The highest BCUT2D eigenvalue weighted by molar-refractivity contribution is 5.85. The third-order valence-corrected chi connectivity index (χ3v) is 4.68. The predicted octanol–water partition coefficient (Wildman–Crippen LogP) is 2.68. The highest BCUT2D eigenvalue weighted by Crippen LogP contribution is 2.31. The molecule has 2 atom stereocenters. The van der Waals surface area contributed by atoms with Gasteiger partial charge in [0, 0.05) is 37.4 Å². The number of imidazole rings is 1. The van der Waals surface area contributed by atoms with Crippen molar-refractivity contribution in [1.29, 1.82) is 0 Å². The first-order valence-electron chi connectivity index (χ1n) is 8.49. The van der Waals surface area contributed by atoms with Gasteiger partial charge >= 0.3 is 12.1 Å². The smallest absolute Gasteiger partial charge is 0.410 e. The van der Waals surface area contributed by atoms with Crippen molar-refractivity contribution < 1.29 is 19.4 Å². The third-order valence-electron chi connectivity index (χ3n) is 4.68. The molecule has 0 saturated carbocycles. The number of hydrogen-bond donors (Lipinski definition) is 1. The van der Waals surface area contributed by atoms with E-state index in [0.717, 1.165) is 24.4 Å². The summed E-state index contributed by atoms with van der Waals surface area (Å²) in [7, 11) is 0. The molecule has 1 aromatic heterocycles. The van der Waals surface area contributed by atoms with Crippen molar-refractivity contribution in [3.05, 3.63) is 17.7 Å². The monoisotopic (exact) mass is 371 g/mol. The van der Waals surface area contributed by atoms with E-state index in [1.807, 2.05) is 31.5 Å². The Balaban J connectivity index is 0.00000225. The average Bonchev–Trinajstić information content (AvgIpc) is 3.11. The molecule has 0 bridgehead atoms. The molecule has 25 heavy (non-hydrogen) atoms. The molecule has 0 radical (unpaired) electrons. The number of carboxylic acid groups (broad SMARTS) is 1. The Morgan fingerprint density at radius 1 is 1.28 bits per heavy atom. The van der Waals surface area contributed by atoms with Crippen molar-refractivity contribution in [3.8, 4) is 0 Å². The first-order valence-corrected chi connectivity index (χ1v) is 8.49. The maximum atomic E-state index is 12.2. The maximum Gasteiger partial charge on any atom is 0.410 e. The van der Waals surface area contributed by atoms with Crippen LogP contribution in [-0.2, 0) is 22.5 Å². The van der Waals surface area contributed by atoms with Gasteiger partial charge in [-0.15, -0.1) is 12.4 Å². The zero-order chi connectivity index (χ0) is 17.5. The molecule has 1 aromatic rings. The minimum atomic E-state index is -0.748. The second-order valence-corrected chi connectivity index (χ2v) is 7.70. The summed E-state index contributed by atoms with van der Waals surface area (Å²) in [5.74, 6) is -0.0586. The van der Waals surface area contributed by atoms with Gasteiger partial charge < -0.3 is 19.3 Å². The number of aliphatic carboxylic acids is 1. The van der Waals surface area contributed by atoms with Gasteiger partial charge in [-0.25, -0.2) is 9.78 Å². The van der Waals surface area contributed by atoms with Crippen molar-refractivity contribution in [3.63, 3.8) is 0 Å².